The van der Waals surface area contributed by atoms with Gasteiger partial charge in [-0.25, -0.2) is 23.4 Å². The fraction of sp³-hybridized carbons (Fsp3) is 0.0800. The molecule has 0 bridgehead atoms. The summed E-state index contributed by atoms with van der Waals surface area (Å²) >= 11 is 0. The van der Waals surface area contributed by atoms with Crippen LogP contribution in [-0.2, 0) is 13.1 Å². The van der Waals surface area contributed by atoms with Crippen molar-refractivity contribution in [2.24, 2.45) is 0 Å². The van der Waals surface area contributed by atoms with Crippen molar-refractivity contribution in [1.29, 1.82) is 5.26 Å². The Morgan fingerprint density at radius 2 is 1.71 bits per heavy atom. The lowest BCUT2D eigenvalue weighted by Gasteiger charge is -2.06. The summed E-state index contributed by atoms with van der Waals surface area (Å²) in [5.74, 6) is -0.970. The molecule has 0 amide bonds. The number of hydrogen-bond donors (Lipinski definition) is 2. The Morgan fingerprint density at radius 3 is 2.43 bits per heavy atom. The van der Waals surface area contributed by atoms with Crippen molar-refractivity contribution in [3.05, 3.63) is 95.4 Å². The third-order valence-corrected chi connectivity index (χ3v) is 5.41. The molecule has 8 nitrogen and oxygen atoms in total. The standard InChI is InChI=1S/C25H18F2N8/c26-20-6-3-16(8-21(20)27)10-32-24-19-7-17(9-28)11-33-25(19)35(34-24)14-15-1-4-18(5-2-15)22-12-31-23(29)13-30-22/h1-8,11-13H,10,14H2,(H2,29,31)(H,32,34). The Kier molecular flexibility index (Phi) is 5.73. The molecule has 0 fully saturated rings. The Labute approximate surface area is 198 Å². The van der Waals surface area contributed by atoms with Gasteiger partial charge in [-0.2, -0.15) is 10.4 Å². The molecule has 172 valence electrons. The van der Waals surface area contributed by atoms with Gasteiger partial charge in [0, 0.05) is 18.3 Å². The van der Waals surface area contributed by atoms with Crippen molar-refractivity contribution in [3.8, 4) is 17.3 Å². The van der Waals surface area contributed by atoms with Crippen molar-refractivity contribution in [2.45, 2.75) is 13.1 Å². The molecule has 0 aliphatic rings. The van der Waals surface area contributed by atoms with E-state index >= 15 is 0 Å². The van der Waals surface area contributed by atoms with Crippen molar-refractivity contribution in [2.75, 3.05) is 11.1 Å². The first-order valence-electron chi connectivity index (χ1n) is 10.6. The maximum atomic E-state index is 13.6. The molecule has 35 heavy (non-hydrogen) atoms. The molecule has 3 aromatic heterocycles. The molecule has 0 aliphatic heterocycles. The summed E-state index contributed by atoms with van der Waals surface area (Å²) in [6.45, 7) is 0.646. The van der Waals surface area contributed by atoms with Crippen molar-refractivity contribution in [3.63, 3.8) is 0 Å². The normalized spacial score (nSPS) is 10.9. The van der Waals surface area contributed by atoms with Crippen LogP contribution in [0.5, 0.6) is 0 Å². The Hall–Kier alpha value is -4.91. The molecule has 10 heteroatoms. The van der Waals surface area contributed by atoms with Gasteiger partial charge in [-0.15, -0.1) is 0 Å². The summed E-state index contributed by atoms with van der Waals surface area (Å²) in [6.07, 6.45) is 4.62. The lowest BCUT2D eigenvalue weighted by atomic mass is 10.1. The zero-order chi connectivity index (χ0) is 24.4. The van der Waals surface area contributed by atoms with Crippen molar-refractivity contribution >= 4 is 22.7 Å². The van der Waals surface area contributed by atoms with Gasteiger partial charge < -0.3 is 11.1 Å². The summed E-state index contributed by atoms with van der Waals surface area (Å²) in [7, 11) is 0. The van der Waals surface area contributed by atoms with Crippen LogP contribution in [0, 0.1) is 23.0 Å². The molecule has 0 unspecified atom stereocenters. The molecule has 2 aromatic carbocycles. The Morgan fingerprint density at radius 1 is 0.914 bits per heavy atom. The third kappa shape index (κ3) is 4.60. The van der Waals surface area contributed by atoms with Gasteiger partial charge in [-0.05, 0) is 29.3 Å². The number of nitriles is 1. The summed E-state index contributed by atoms with van der Waals surface area (Å²) < 4.78 is 28.5. The lowest BCUT2D eigenvalue weighted by molar-refractivity contribution is 0.507. The van der Waals surface area contributed by atoms with E-state index in [1.807, 2.05) is 24.3 Å². The molecule has 0 spiro atoms. The summed E-state index contributed by atoms with van der Waals surface area (Å²) in [6, 6.07) is 15.3. The fourth-order valence-corrected chi connectivity index (χ4v) is 3.64. The highest BCUT2D eigenvalue weighted by atomic mass is 19.2. The summed E-state index contributed by atoms with van der Waals surface area (Å²) in [5.41, 5.74) is 9.72. The molecule has 0 saturated carbocycles. The average molecular weight is 468 g/mol. The smallest absolute Gasteiger partial charge is 0.160 e. The molecule has 3 heterocycles. The van der Waals surface area contributed by atoms with Crippen LogP contribution < -0.4 is 11.1 Å². The molecule has 0 atom stereocenters. The van der Waals surface area contributed by atoms with E-state index in [9.17, 15) is 14.0 Å². The second-order valence-electron chi connectivity index (χ2n) is 7.84. The van der Waals surface area contributed by atoms with E-state index in [4.69, 9.17) is 5.73 Å². The number of nitrogens with two attached hydrogens (primary N) is 1. The Bertz CT molecular complexity index is 1550. The van der Waals surface area contributed by atoms with E-state index in [2.05, 4.69) is 31.4 Å². The molecular formula is C25H18F2N8. The maximum absolute atomic E-state index is 13.6. The van der Waals surface area contributed by atoms with Crippen LogP contribution in [0.2, 0.25) is 0 Å². The van der Waals surface area contributed by atoms with Crippen LogP contribution in [0.15, 0.2) is 67.1 Å². The molecule has 0 saturated heterocycles. The van der Waals surface area contributed by atoms with Gasteiger partial charge in [-0.3, -0.25) is 4.98 Å². The van der Waals surface area contributed by atoms with E-state index in [0.29, 0.717) is 46.0 Å². The monoisotopic (exact) mass is 468 g/mol. The largest absolute Gasteiger partial charge is 0.382 e. The Balaban J connectivity index is 1.42. The van der Waals surface area contributed by atoms with Gasteiger partial charge >= 0.3 is 0 Å². The fourth-order valence-electron chi connectivity index (χ4n) is 3.64. The minimum Gasteiger partial charge on any atom is -0.382 e. The lowest BCUT2D eigenvalue weighted by Crippen LogP contribution is -2.05. The molecule has 0 aliphatic carbocycles. The SMILES string of the molecule is N#Cc1cnc2c(c1)c(NCc1ccc(F)c(F)c1)nn2Cc1ccc(-c2cnc(N)cn2)cc1. The van der Waals surface area contributed by atoms with Crippen LogP contribution in [-0.4, -0.2) is 24.7 Å². The topological polar surface area (TPSA) is 118 Å². The molecule has 5 aromatic rings. The second kappa shape index (κ2) is 9.15. The second-order valence-corrected chi connectivity index (χ2v) is 7.84. The van der Waals surface area contributed by atoms with Crippen molar-refractivity contribution in [1.82, 2.24) is 24.7 Å². The number of rotatable bonds is 6. The molecule has 0 radical (unpaired) electrons. The molecule has 3 N–H and O–H groups in total. The first-order valence-corrected chi connectivity index (χ1v) is 10.6. The number of halogens is 2. The van der Waals surface area contributed by atoms with Gasteiger partial charge in [0.15, 0.2) is 23.1 Å². The van der Waals surface area contributed by atoms with Gasteiger partial charge in [0.05, 0.1) is 35.6 Å². The number of aromatic nitrogens is 5. The number of anilines is 2. The zero-order valence-corrected chi connectivity index (χ0v) is 18.3. The highest BCUT2D eigenvalue weighted by Gasteiger charge is 2.14. The van der Waals surface area contributed by atoms with E-state index in [1.54, 1.807) is 16.9 Å². The van der Waals surface area contributed by atoms with E-state index < -0.39 is 11.6 Å². The predicted octanol–water partition coefficient (Wildman–Crippen LogP) is 4.28. The van der Waals surface area contributed by atoms with E-state index in [-0.39, 0.29) is 6.54 Å². The highest BCUT2D eigenvalue weighted by Crippen LogP contribution is 2.25. The van der Waals surface area contributed by atoms with Crippen LogP contribution in [0.4, 0.5) is 20.4 Å². The number of pyridine rings is 1. The minimum atomic E-state index is -0.915. The highest BCUT2D eigenvalue weighted by molar-refractivity contribution is 5.88. The van der Waals surface area contributed by atoms with Crippen LogP contribution >= 0.6 is 0 Å². The van der Waals surface area contributed by atoms with Crippen molar-refractivity contribution < 1.29 is 8.78 Å². The molecule has 5 rings (SSSR count). The number of nitrogens with one attached hydrogen (secondary N) is 1. The van der Waals surface area contributed by atoms with Crippen LogP contribution in [0.3, 0.4) is 0 Å². The number of hydrogen-bond acceptors (Lipinski definition) is 7. The number of nitrogen functional groups attached to an aromatic ring is 1. The maximum Gasteiger partial charge on any atom is 0.160 e. The van der Waals surface area contributed by atoms with Gasteiger partial charge in [0.25, 0.3) is 0 Å². The number of benzene rings is 2. The van der Waals surface area contributed by atoms with Gasteiger partial charge in [-0.1, -0.05) is 30.3 Å². The summed E-state index contributed by atoms with van der Waals surface area (Å²) in [5, 5.41) is 17.7. The van der Waals surface area contributed by atoms with E-state index in [0.717, 1.165) is 23.3 Å². The molecular weight excluding hydrogens is 450 g/mol. The predicted molar refractivity (Wildman–Crippen MR) is 127 cm³/mol. The van der Waals surface area contributed by atoms with Gasteiger partial charge in [0.1, 0.15) is 11.9 Å². The first-order chi connectivity index (χ1) is 17.0. The van der Waals surface area contributed by atoms with Gasteiger partial charge in [0.2, 0.25) is 0 Å². The van der Waals surface area contributed by atoms with Crippen LogP contribution in [0.1, 0.15) is 16.7 Å². The van der Waals surface area contributed by atoms with Crippen LogP contribution in [0.25, 0.3) is 22.3 Å². The van der Waals surface area contributed by atoms with E-state index in [1.165, 1.54) is 18.5 Å². The quantitative estimate of drug-likeness (QED) is 0.382. The zero-order valence-electron chi connectivity index (χ0n) is 18.3. The average Bonchev–Trinajstić information content (AvgIpc) is 3.22. The number of fused-ring (bicyclic) bond motifs is 1. The summed E-state index contributed by atoms with van der Waals surface area (Å²) in [4.78, 5) is 12.8. The number of nitrogens with zero attached hydrogens (tertiary/aromatic N) is 6. The first kappa shape index (κ1) is 21.9. The third-order valence-electron chi connectivity index (χ3n) is 5.41. The minimum absolute atomic E-state index is 0.220.